The van der Waals surface area contributed by atoms with Crippen molar-refractivity contribution >= 4 is 17.6 Å². The fourth-order valence-electron chi connectivity index (χ4n) is 3.44. The van der Waals surface area contributed by atoms with Crippen molar-refractivity contribution in [2.24, 2.45) is 0 Å². The van der Waals surface area contributed by atoms with E-state index in [9.17, 15) is 10.5 Å². The molecule has 2 N–H and O–H groups in total. The van der Waals surface area contributed by atoms with Gasteiger partial charge >= 0.3 is 0 Å². The van der Waals surface area contributed by atoms with Gasteiger partial charge in [0.1, 0.15) is 40.9 Å². The molecule has 3 aromatic rings. The number of nitrogens with zero attached hydrogens (tertiary/aromatic N) is 5. The van der Waals surface area contributed by atoms with Crippen LogP contribution in [-0.2, 0) is 5.75 Å². The Kier molecular flexibility index (Phi) is 6.86. The maximum Gasteiger partial charge on any atom is 0.143 e. The van der Waals surface area contributed by atoms with Crippen LogP contribution < -0.4 is 10.5 Å². The molecule has 4 rings (SSSR count). The zero-order chi connectivity index (χ0) is 22.3. The molecule has 3 heterocycles. The second kappa shape index (κ2) is 10.1. The van der Waals surface area contributed by atoms with Crippen molar-refractivity contribution in [3.05, 3.63) is 65.5 Å². The molecule has 0 saturated carbocycles. The third kappa shape index (κ3) is 4.83. The molecule has 7 nitrogen and oxygen atoms in total. The minimum atomic E-state index is 0.116. The molecule has 0 bridgehead atoms. The van der Waals surface area contributed by atoms with E-state index in [1.54, 1.807) is 12.4 Å². The Balaban J connectivity index is 1.59. The van der Waals surface area contributed by atoms with E-state index in [2.05, 4.69) is 27.0 Å². The monoisotopic (exact) mass is 442 g/mol. The predicted octanol–water partition coefficient (Wildman–Crippen LogP) is 3.85. The molecule has 0 unspecified atom stereocenters. The highest BCUT2D eigenvalue weighted by molar-refractivity contribution is 7.98. The normalized spacial score (nSPS) is 13.1. The smallest absolute Gasteiger partial charge is 0.143 e. The van der Waals surface area contributed by atoms with Gasteiger partial charge in [-0.05, 0) is 48.8 Å². The summed E-state index contributed by atoms with van der Waals surface area (Å²) in [5, 5.41) is 20.1. The molecule has 0 amide bonds. The fourth-order valence-corrected chi connectivity index (χ4v) is 4.37. The molecular formula is C24H22N6OS. The molecular weight excluding hydrogens is 420 g/mol. The quantitative estimate of drug-likeness (QED) is 0.524. The van der Waals surface area contributed by atoms with Crippen LogP contribution in [0.2, 0.25) is 0 Å². The number of hydrogen-bond acceptors (Lipinski definition) is 8. The van der Waals surface area contributed by atoms with Crippen LogP contribution in [0, 0.1) is 22.7 Å². The number of thioether (sulfide) groups is 1. The first-order valence-corrected chi connectivity index (χ1v) is 11.3. The van der Waals surface area contributed by atoms with Gasteiger partial charge in [0.05, 0.1) is 5.56 Å². The molecule has 0 atom stereocenters. The molecule has 1 aromatic carbocycles. The SMILES string of the molecule is N#Cc1c(N)nc(SCc2cccnc2)c(C#N)c1-c1ccc(OCCN2CCC2)cc1. The molecule has 1 aliphatic heterocycles. The third-order valence-corrected chi connectivity index (χ3v) is 6.33. The Labute approximate surface area is 191 Å². The highest BCUT2D eigenvalue weighted by Crippen LogP contribution is 2.37. The average molecular weight is 443 g/mol. The minimum Gasteiger partial charge on any atom is -0.492 e. The van der Waals surface area contributed by atoms with Crippen molar-refractivity contribution in [1.29, 1.82) is 10.5 Å². The lowest BCUT2D eigenvalue weighted by Crippen LogP contribution is -2.39. The first-order valence-electron chi connectivity index (χ1n) is 10.3. The number of hydrogen-bond donors (Lipinski definition) is 1. The van der Waals surface area contributed by atoms with Gasteiger partial charge < -0.3 is 10.5 Å². The number of likely N-dealkylation sites (tertiary alicyclic amines) is 1. The molecule has 1 aliphatic rings. The molecule has 2 aromatic heterocycles. The van der Waals surface area contributed by atoms with Gasteiger partial charge in [0.15, 0.2) is 0 Å². The molecule has 1 fully saturated rings. The molecule has 160 valence electrons. The second-order valence-electron chi connectivity index (χ2n) is 7.37. The van der Waals surface area contributed by atoms with Gasteiger partial charge in [0.2, 0.25) is 0 Å². The number of nitrogens with two attached hydrogens (primary N) is 1. The average Bonchev–Trinajstić information content (AvgIpc) is 2.80. The molecule has 8 heteroatoms. The number of nitriles is 2. The van der Waals surface area contributed by atoms with E-state index in [4.69, 9.17) is 10.5 Å². The van der Waals surface area contributed by atoms with E-state index < -0.39 is 0 Å². The third-order valence-electron chi connectivity index (χ3n) is 5.28. The highest BCUT2D eigenvalue weighted by atomic mass is 32.2. The van der Waals surface area contributed by atoms with Gasteiger partial charge in [0, 0.05) is 30.3 Å². The summed E-state index contributed by atoms with van der Waals surface area (Å²) in [7, 11) is 0. The second-order valence-corrected chi connectivity index (χ2v) is 8.33. The topological polar surface area (TPSA) is 112 Å². The number of anilines is 1. The first-order chi connectivity index (χ1) is 15.7. The molecule has 0 aliphatic carbocycles. The lowest BCUT2D eigenvalue weighted by molar-refractivity contribution is 0.147. The van der Waals surface area contributed by atoms with Crippen LogP contribution >= 0.6 is 11.8 Å². The van der Waals surface area contributed by atoms with E-state index in [0.29, 0.717) is 28.5 Å². The number of aromatic nitrogens is 2. The van der Waals surface area contributed by atoms with Crippen LogP contribution in [0.5, 0.6) is 5.75 Å². The number of rotatable bonds is 8. The summed E-state index contributed by atoms with van der Waals surface area (Å²) < 4.78 is 5.83. The summed E-state index contributed by atoms with van der Waals surface area (Å²) in [6.45, 7) is 3.82. The molecule has 0 spiro atoms. The predicted molar refractivity (Wildman–Crippen MR) is 124 cm³/mol. The van der Waals surface area contributed by atoms with Gasteiger partial charge in [-0.1, -0.05) is 18.2 Å². The van der Waals surface area contributed by atoms with Crippen molar-refractivity contribution in [3.63, 3.8) is 0 Å². The van der Waals surface area contributed by atoms with E-state index in [1.807, 2.05) is 36.4 Å². The van der Waals surface area contributed by atoms with Crippen LogP contribution in [0.25, 0.3) is 11.1 Å². The lowest BCUT2D eigenvalue weighted by atomic mass is 9.97. The summed E-state index contributed by atoms with van der Waals surface area (Å²) >= 11 is 1.40. The van der Waals surface area contributed by atoms with E-state index in [0.717, 1.165) is 36.5 Å². The van der Waals surface area contributed by atoms with Gasteiger partial charge in [-0.3, -0.25) is 9.88 Å². The van der Waals surface area contributed by atoms with Crippen molar-refractivity contribution in [2.75, 3.05) is 32.0 Å². The van der Waals surface area contributed by atoms with Gasteiger partial charge in [-0.2, -0.15) is 10.5 Å². The molecule has 32 heavy (non-hydrogen) atoms. The lowest BCUT2D eigenvalue weighted by Gasteiger charge is -2.30. The Hall–Kier alpha value is -3.59. The first kappa shape index (κ1) is 21.6. The summed E-state index contributed by atoms with van der Waals surface area (Å²) in [5.74, 6) is 1.45. The maximum absolute atomic E-state index is 9.92. The Morgan fingerprint density at radius 2 is 1.88 bits per heavy atom. The maximum atomic E-state index is 9.92. The van der Waals surface area contributed by atoms with Gasteiger partial charge in [-0.15, -0.1) is 11.8 Å². The standard InChI is InChI=1S/C24H22N6OS/c25-13-20-22(18-4-6-19(7-5-18)31-12-11-30-9-2-10-30)21(14-26)24(29-23(20)27)32-16-17-3-1-8-28-15-17/h1,3-8,15H,2,9-12,16H2,(H2,27,29). The molecule has 1 saturated heterocycles. The summed E-state index contributed by atoms with van der Waals surface area (Å²) in [6.07, 6.45) is 4.74. The molecule has 0 radical (unpaired) electrons. The Morgan fingerprint density at radius 1 is 1.09 bits per heavy atom. The van der Waals surface area contributed by atoms with Crippen LogP contribution in [-0.4, -0.2) is 41.1 Å². The van der Waals surface area contributed by atoms with Crippen LogP contribution in [0.15, 0.2) is 53.8 Å². The van der Waals surface area contributed by atoms with Gasteiger partial charge in [0.25, 0.3) is 0 Å². The summed E-state index contributed by atoms with van der Waals surface area (Å²) in [5.41, 5.74) is 8.90. The largest absolute Gasteiger partial charge is 0.492 e. The number of ether oxygens (including phenoxy) is 1. The number of nitrogen functional groups attached to an aromatic ring is 1. The van der Waals surface area contributed by atoms with Crippen molar-refractivity contribution < 1.29 is 4.74 Å². The zero-order valence-electron chi connectivity index (χ0n) is 17.5. The highest BCUT2D eigenvalue weighted by Gasteiger charge is 2.21. The number of benzene rings is 1. The van der Waals surface area contributed by atoms with Crippen molar-refractivity contribution in [3.8, 4) is 29.0 Å². The van der Waals surface area contributed by atoms with E-state index in [1.165, 1.54) is 18.2 Å². The van der Waals surface area contributed by atoms with Crippen LogP contribution in [0.3, 0.4) is 0 Å². The van der Waals surface area contributed by atoms with Crippen molar-refractivity contribution in [2.45, 2.75) is 17.2 Å². The minimum absolute atomic E-state index is 0.116. The Bertz CT molecular complexity index is 1160. The fraction of sp³-hybridized carbons (Fsp3) is 0.250. The van der Waals surface area contributed by atoms with Crippen LogP contribution in [0.4, 0.5) is 5.82 Å². The zero-order valence-corrected chi connectivity index (χ0v) is 18.3. The van der Waals surface area contributed by atoms with E-state index in [-0.39, 0.29) is 11.4 Å². The summed E-state index contributed by atoms with van der Waals surface area (Å²) in [6, 6.07) is 15.6. The van der Waals surface area contributed by atoms with Crippen LogP contribution in [0.1, 0.15) is 23.1 Å². The number of pyridine rings is 2. The van der Waals surface area contributed by atoms with E-state index >= 15 is 0 Å². The van der Waals surface area contributed by atoms with Crippen molar-refractivity contribution in [1.82, 2.24) is 14.9 Å². The van der Waals surface area contributed by atoms with Gasteiger partial charge in [-0.25, -0.2) is 4.98 Å². The summed E-state index contributed by atoms with van der Waals surface area (Å²) in [4.78, 5) is 10.8. The Morgan fingerprint density at radius 3 is 2.50 bits per heavy atom.